The Labute approximate surface area is 138 Å². The van der Waals surface area contributed by atoms with Crippen molar-refractivity contribution in [2.75, 3.05) is 12.5 Å². The molecule has 6 heteroatoms. The van der Waals surface area contributed by atoms with Crippen LogP contribution in [0.4, 0.5) is 0 Å². The molecule has 0 aromatic heterocycles. The van der Waals surface area contributed by atoms with Gasteiger partial charge in [-0.3, -0.25) is 4.79 Å². The molecule has 0 saturated heterocycles. The molecule has 1 aromatic carbocycles. The Balaban J connectivity index is 1.78. The molecule has 0 spiro atoms. The quantitative estimate of drug-likeness (QED) is 0.638. The first-order valence-electron chi connectivity index (χ1n) is 7.06. The number of hydrogen-bond donors (Lipinski definition) is 2. The molecule has 2 heterocycles. The lowest BCUT2D eigenvalue weighted by Crippen LogP contribution is -2.44. The minimum absolute atomic E-state index is 0.0666. The predicted molar refractivity (Wildman–Crippen MR) is 89.3 cm³/mol. The zero-order valence-electron chi connectivity index (χ0n) is 11.8. The van der Waals surface area contributed by atoms with Crippen LogP contribution in [0.25, 0.3) is 5.70 Å². The Morgan fingerprint density at radius 3 is 2.82 bits per heavy atom. The Morgan fingerprint density at radius 1 is 1.32 bits per heavy atom. The topological polar surface area (TPSA) is 58.6 Å². The van der Waals surface area contributed by atoms with E-state index < -0.39 is 0 Å². The molecule has 2 unspecified atom stereocenters. The van der Waals surface area contributed by atoms with Crippen LogP contribution in [0.5, 0.6) is 5.75 Å². The standard InChI is InChI=1S/C16H16ClNO3S/c17-7-1-8-21-11-4-2-10(3-5-11)13-14(19)15(20)16-12(18-13)6-9-22-16/h2-6,9,12,16,18-19H,1,7-8H2. The maximum Gasteiger partial charge on any atom is 0.214 e. The zero-order chi connectivity index (χ0) is 15.5. The number of carbonyl (C=O) groups is 1. The number of aliphatic hydroxyl groups excluding tert-OH is 1. The van der Waals surface area contributed by atoms with Crippen molar-refractivity contribution < 1.29 is 14.6 Å². The Kier molecular flexibility index (Phi) is 4.64. The fourth-order valence-electron chi connectivity index (χ4n) is 2.42. The maximum absolute atomic E-state index is 12.2. The lowest BCUT2D eigenvalue weighted by Gasteiger charge is -2.27. The summed E-state index contributed by atoms with van der Waals surface area (Å²) in [6.45, 7) is 0.569. The summed E-state index contributed by atoms with van der Waals surface area (Å²) in [5, 5.41) is 15.0. The molecule has 1 aromatic rings. The summed E-state index contributed by atoms with van der Waals surface area (Å²) in [5.41, 5.74) is 1.24. The number of halogens is 1. The van der Waals surface area contributed by atoms with Crippen molar-refractivity contribution in [3.63, 3.8) is 0 Å². The van der Waals surface area contributed by atoms with Gasteiger partial charge in [0.15, 0.2) is 5.76 Å². The summed E-state index contributed by atoms with van der Waals surface area (Å²) in [7, 11) is 0. The molecule has 2 aliphatic heterocycles. The van der Waals surface area contributed by atoms with E-state index >= 15 is 0 Å². The molecule has 0 saturated carbocycles. The molecule has 3 rings (SSSR count). The van der Waals surface area contributed by atoms with Crippen LogP contribution in [-0.4, -0.2) is 34.7 Å². The fraction of sp³-hybridized carbons (Fsp3) is 0.312. The maximum atomic E-state index is 12.2. The molecule has 0 radical (unpaired) electrons. The first-order valence-corrected chi connectivity index (χ1v) is 8.54. The van der Waals surface area contributed by atoms with Crippen LogP contribution < -0.4 is 10.1 Å². The minimum Gasteiger partial charge on any atom is -0.503 e. The van der Waals surface area contributed by atoms with Gasteiger partial charge in [0.2, 0.25) is 5.78 Å². The first-order chi connectivity index (χ1) is 10.7. The summed E-state index contributed by atoms with van der Waals surface area (Å²) in [6.07, 6.45) is 2.74. The summed E-state index contributed by atoms with van der Waals surface area (Å²) in [5.74, 6) is 0.883. The highest BCUT2D eigenvalue weighted by Crippen LogP contribution is 2.34. The number of aliphatic hydroxyl groups is 1. The lowest BCUT2D eigenvalue weighted by molar-refractivity contribution is -0.117. The van der Waals surface area contributed by atoms with Crippen LogP contribution in [-0.2, 0) is 4.79 Å². The summed E-state index contributed by atoms with van der Waals surface area (Å²) < 4.78 is 5.54. The van der Waals surface area contributed by atoms with Crippen LogP contribution in [0.3, 0.4) is 0 Å². The molecule has 0 fully saturated rings. The normalized spacial score (nSPS) is 23.4. The van der Waals surface area contributed by atoms with Gasteiger partial charge in [0.1, 0.15) is 5.75 Å². The fourth-order valence-corrected chi connectivity index (χ4v) is 3.53. The molecule has 116 valence electrons. The van der Waals surface area contributed by atoms with E-state index in [0.717, 1.165) is 17.7 Å². The molecule has 0 aliphatic carbocycles. The number of ketones is 1. The molecule has 22 heavy (non-hydrogen) atoms. The van der Waals surface area contributed by atoms with Crippen molar-refractivity contribution in [3.05, 3.63) is 47.1 Å². The largest absolute Gasteiger partial charge is 0.503 e. The Hall–Kier alpha value is -1.59. The van der Waals surface area contributed by atoms with Crippen molar-refractivity contribution in [1.82, 2.24) is 5.32 Å². The van der Waals surface area contributed by atoms with Gasteiger partial charge < -0.3 is 15.2 Å². The molecule has 4 nitrogen and oxygen atoms in total. The number of fused-ring (bicyclic) bond motifs is 1. The van der Waals surface area contributed by atoms with E-state index in [1.54, 1.807) is 0 Å². The number of rotatable bonds is 5. The van der Waals surface area contributed by atoms with Crippen molar-refractivity contribution in [3.8, 4) is 5.75 Å². The van der Waals surface area contributed by atoms with Crippen molar-refractivity contribution in [2.24, 2.45) is 0 Å². The third-order valence-corrected chi connectivity index (χ3v) is 4.95. The summed E-state index contributed by atoms with van der Waals surface area (Å²) >= 11 is 7.04. The second-order valence-electron chi connectivity index (χ2n) is 5.06. The van der Waals surface area contributed by atoms with E-state index in [-0.39, 0.29) is 22.8 Å². The number of allylic oxidation sites excluding steroid dienone is 1. The first kappa shape index (κ1) is 15.3. The molecule has 0 bridgehead atoms. The van der Waals surface area contributed by atoms with Crippen LogP contribution in [0.2, 0.25) is 0 Å². The number of benzene rings is 1. The number of thioether (sulfide) groups is 1. The van der Waals surface area contributed by atoms with Gasteiger partial charge in [0, 0.05) is 11.4 Å². The number of Topliss-reactive ketones (excluding diaryl/α,β-unsaturated/α-hetero) is 1. The number of hydrogen-bond acceptors (Lipinski definition) is 5. The van der Waals surface area contributed by atoms with Crippen molar-refractivity contribution in [1.29, 1.82) is 0 Å². The van der Waals surface area contributed by atoms with Gasteiger partial charge in [-0.05, 0) is 36.1 Å². The van der Waals surface area contributed by atoms with Gasteiger partial charge in [-0.25, -0.2) is 0 Å². The van der Waals surface area contributed by atoms with Gasteiger partial charge in [-0.15, -0.1) is 23.4 Å². The van der Waals surface area contributed by atoms with Crippen molar-refractivity contribution >= 4 is 34.8 Å². The predicted octanol–water partition coefficient (Wildman–Crippen LogP) is 3.09. The molecular formula is C16H16ClNO3S. The second-order valence-corrected chi connectivity index (χ2v) is 6.49. The van der Waals surface area contributed by atoms with Crippen molar-refractivity contribution in [2.45, 2.75) is 17.7 Å². The average molecular weight is 338 g/mol. The van der Waals surface area contributed by atoms with Crippen LogP contribution >= 0.6 is 23.4 Å². The van der Waals surface area contributed by atoms with Gasteiger partial charge in [0.05, 0.1) is 23.6 Å². The lowest BCUT2D eigenvalue weighted by atomic mass is 9.99. The molecule has 0 amide bonds. The average Bonchev–Trinajstić information content (AvgIpc) is 3.01. The third-order valence-electron chi connectivity index (χ3n) is 3.57. The van der Waals surface area contributed by atoms with Gasteiger partial charge in [0.25, 0.3) is 0 Å². The molecule has 2 N–H and O–H groups in total. The Bertz CT molecular complexity index is 627. The van der Waals surface area contributed by atoms with Gasteiger partial charge in [-0.1, -0.05) is 6.08 Å². The van der Waals surface area contributed by atoms with E-state index in [1.165, 1.54) is 11.8 Å². The highest BCUT2D eigenvalue weighted by Gasteiger charge is 2.38. The SMILES string of the molecule is O=C1C(O)=C(c2ccc(OCCCCl)cc2)NC2C=CSC12. The van der Waals surface area contributed by atoms with E-state index in [4.69, 9.17) is 16.3 Å². The van der Waals surface area contributed by atoms with Crippen LogP contribution in [0.1, 0.15) is 12.0 Å². The number of ether oxygens (including phenoxy) is 1. The number of alkyl halides is 1. The minimum atomic E-state index is -0.262. The second kappa shape index (κ2) is 6.67. The molecular weight excluding hydrogens is 322 g/mol. The van der Waals surface area contributed by atoms with Gasteiger partial charge in [-0.2, -0.15) is 0 Å². The highest BCUT2D eigenvalue weighted by molar-refractivity contribution is 8.03. The zero-order valence-corrected chi connectivity index (χ0v) is 13.4. The third kappa shape index (κ3) is 2.96. The summed E-state index contributed by atoms with van der Waals surface area (Å²) in [4.78, 5) is 12.2. The van der Waals surface area contributed by atoms with Crippen LogP contribution in [0, 0.1) is 0 Å². The van der Waals surface area contributed by atoms with E-state index in [0.29, 0.717) is 18.2 Å². The smallest absolute Gasteiger partial charge is 0.214 e. The molecule has 2 aliphatic rings. The van der Waals surface area contributed by atoms with E-state index in [1.807, 2.05) is 35.7 Å². The number of carbonyl (C=O) groups excluding carboxylic acids is 1. The van der Waals surface area contributed by atoms with Gasteiger partial charge >= 0.3 is 0 Å². The van der Waals surface area contributed by atoms with E-state index in [2.05, 4.69) is 5.32 Å². The molecule has 2 atom stereocenters. The highest BCUT2D eigenvalue weighted by atomic mass is 35.5. The van der Waals surface area contributed by atoms with Crippen LogP contribution in [0.15, 0.2) is 41.5 Å². The summed E-state index contributed by atoms with van der Waals surface area (Å²) in [6, 6.07) is 7.23. The monoisotopic (exact) mass is 337 g/mol. The Morgan fingerprint density at radius 2 is 2.09 bits per heavy atom. The number of nitrogens with one attached hydrogen (secondary N) is 1. The van der Waals surface area contributed by atoms with E-state index in [9.17, 15) is 9.90 Å².